The van der Waals surface area contributed by atoms with Gasteiger partial charge in [-0.05, 0) is 13.0 Å². The van der Waals surface area contributed by atoms with Crippen molar-refractivity contribution in [2.75, 3.05) is 5.32 Å². The Morgan fingerprint density at radius 3 is 3.07 bits per heavy atom. The second kappa shape index (κ2) is 4.22. The van der Waals surface area contributed by atoms with Crippen molar-refractivity contribution in [3.8, 4) is 0 Å². The number of carbonyl (C=O) groups is 1. The summed E-state index contributed by atoms with van der Waals surface area (Å²) < 4.78 is 1.60. The predicted octanol–water partition coefficient (Wildman–Crippen LogP) is 1.54. The summed E-state index contributed by atoms with van der Waals surface area (Å²) in [6.07, 6.45) is 5.05. The fourth-order valence-corrected chi connectivity index (χ4v) is 1.66. The van der Waals surface area contributed by atoms with Crippen LogP contribution in [0.15, 0.2) is 30.0 Å². The summed E-state index contributed by atoms with van der Waals surface area (Å²) in [5, 5.41) is 9.15. The van der Waals surface area contributed by atoms with E-state index in [0.29, 0.717) is 5.13 Å². The smallest absolute Gasteiger partial charge is 0.250 e. The topological polar surface area (TPSA) is 59.8 Å². The molecule has 1 atom stereocenters. The number of nitrogens with one attached hydrogen (secondary N) is 1. The molecule has 0 unspecified atom stereocenters. The minimum atomic E-state index is -0.330. The monoisotopic (exact) mass is 222 g/mol. The molecule has 0 aromatic carbocycles. The Bertz CT molecular complexity index is 423. The van der Waals surface area contributed by atoms with Gasteiger partial charge in [-0.1, -0.05) is 0 Å². The number of hydrogen-bond donors (Lipinski definition) is 1. The van der Waals surface area contributed by atoms with Gasteiger partial charge in [-0.2, -0.15) is 5.10 Å². The standard InChI is InChI=1S/C9H10N4OS/c1-7(13-5-2-3-11-13)8(14)12-9-10-4-6-15-9/h2-7H,1H3,(H,10,12,14)/t7-/m0/s1. The zero-order valence-corrected chi connectivity index (χ0v) is 8.94. The molecule has 15 heavy (non-hydrogen) atoms. The first kappa shape index (κ1) is 9.85. The molecule has 2 aromatic rings. The van der Waals surface area contributed by atoms with Crippen LogP contribution in [0.25, 0.3) is 0 Å². The number of aromatic nitrogens is 3. The Labute approximate surface area is 90.8 Å². The maximum absolute atomic E-state index is 11.7. The van der Waals surface area contributed by atoms with Gasteiger partial charge in [0.2, 0.25) is 0 Å². The molecular formula is C9H10N4OS. The quantitative estimate of drug-likeness (QED) is 0.856. The van der Waals surface area contributed by atoms with E-state index < -0.39 is 0 Å². The SMILES string of the molecule is C[C@@H](C(=O)Nc1nccs1)n1cccn1. The summed E-state index contributed by atoms with van der Waals surface area (Å²) in [5.41, 5.74) is 0. The highest BCUT2D eigenvalue weighted by Gasteiger charge is 2.15. The van der Waals surface area contributed by atoms with Gasteiger partial charge in [0.15, 0.2) is 5.13 Å². The van der Waals surface area contributed by atoms with Gasteiger partial charge in [0.1, 0.15) is 6.04 Å². The molecule has 78 valence electrons. The van der Waals surface area contributed by atoms with Crippen LogP contribution >= 0.6 is 11.3 Å². The molecule has 5 nitrogen and oxygen atoms in total. The van der Waals surface area contributed by atoms with Crippen LogP contribution in [0.4, 0.5) is 5.13 Å². The van der Waals surface area contributed by atoms with Gasteiger partial charge in [-0.25, -0.2) is 4.98 Å². The van der Waals surface area contributed by atoms with Crippen molar-refractivity contribution in [1.29, 1.82) is 0 Å². The van der Waals surface area contributed by atoms with Crippen LogP contribution in [0.1, 0.15) is 13.0 Å². The molecule has 0 spiro atoms. The van der Waals surface area contributed by atoms with Gasteiger partial charge in [-0.15, -0.1) is 11.3 Å². The van der Waals surface area contributed by atoms with Crippen molar-refractivity contribution in [3.63, 3.8) is 0 Å². The molecule has 2 heterocycles. The minimum Gasteiger partial charge on any atom is -0.300 e. The number of anilines is 1. The number of rotatable bonds is 3. The second-order valence-corrected chi connectivity index (χ2v) is 3.88. The molecule has 0 aliphatic carbocycles. The van der Waals surface area contributed by atoms with E-state index in [0.717, 1.165) is 0 Å². The van der Waals surface area contributed by atoms with E-state index in [9.17, 15) is 4.79 Å². The van der Waals surface area contributed by atoms with Crippen molar-refractivity contribution in [2.45, 2.75) is 13.0 Å². The molecule has 0 bridgehead atoms. The van der Waals surface area contributed by atoms with Gasteiger partial charge in [0, 0.05) is 24.0 Å². The first-order valence-electron chi connectivity index (χ1n) is 4.47. The summed E-state index contributed by atoms with van der Waals surface area (Å²) in [7, 11) is 0. The number of thiazole rings is 1. The summed E-state index contributed by atoms with van der Waals surface area (Å²) in [4.78, 5) is 15.7. The van der Waals surface area contributed by atoms with E-state index in [-0.39, 0.29) is 11.9 Å². The van der Waals surface area contributed by atoms with E-state index in [4.69, 9.17) is 0 Å². The summed E-state index contributed by atoms with van der Waals surface area (Å²) in [5.74, 6) is -0.117. The summed E-state index contributed by atoms with van der Waals surface area (Å²) >= 11 is 1.39. The van der Waals surface area contributed by atoms with Crippen LogP contribution in [0.2, 0.25) is 0 Å². The maximum Gasteiger partial charge on any atom is 0.250 e. The molecule has 0 fully saturated rings. The highest BCUT2D eigenvalue weighted by atomic mass is 32.1. The summed E-state index contributed by atoms with van der Waals surface area (Å²) in [6, 6.07) is 1.46. The highest BCUT2D eigenvalue weighted by molar-refractivity contribution is 7.13. The van der Waals surface area contributed by atoms with Crippen LogP contribution in [-0.2, 0) is 4.79 Å². The minimum absolute atomic E-state index is 0.117. The van der Waals surface area contributed by atoms with Crippen molar-refractivity contribution in [3.05, 3.63) is 30.0 Å². The Morgan fingerprint density at radius 1 is 1.60 bits per heavy atom. The molecule has 2 aromatic heterocycles. The average Bonchev–Trinajstić information content (AvgIpc) is 2.88. The molecule has 0 saturated carbocycles. The average molecular weight is 222 g/mol. The van der Waals surface area contributed by atoms with Gasteiger partial charge < -0.3 is 5.32 Å². The second-order valence-electron chi connectivity index (χ2n) is 2.99. The Kier molecular flexibility index (Phi) is 2.77. The lowest BCUT2D eigenvalue weighted by atomic mass is 10.3. The normalized spacial score (nSPS) is 12.3. The van der Waals surface area contributed by atoms with Crippen LogP contribution in [0.5, 0.6) is 0 Å². The third-order valence-electron chi connectivity index (χ3n) is 1.96. The first-order chi connectivity index (χ1) is 7.27. The van der Waals surface area contributed by atoms with Crippen molar-refractivity contribution in [2.24, 2.45) is 0 Å². The maximum atomic E-state index is 11.7. The molecule has 0 radical (unpaired) electrons. The molecule has 2 rings (SSSR count). The van der Waals surface area contributed by atoms with Gasteiger partial charge >= 0.3 is 0 Å². The Balaban J connectivity index is 2.03. The fraction of sp³-hybridized carbons (Fsp3) is 0.222. The lowest BCUT2D eigenvalue weighted by Crippen LogP contribution is -2.23. The molecular weight excluding hydrogens is 212 g/mol. The predicted molar refractivity (Wildman–Crippen MR) is 57.7 cm³/mol. The fourth-order valence-electron chi connectivity index (χ4n) is 1.12. The van der Waals surface area contributed by atoms with Crippen molar-refractivity contribution < 1.29 is 4.79 Å². The zero-order chi connectivity index (χ0) is 10.7. The lowest BCUT2D eigenvalue weighted by Gasteiger charge is -2.10. The van der Waals surface area contributed by atoms with Crippen LogP contribution in [-0.4, -0.2) is 20.7 Å². The van der Waals surface area contributed by atoms with E-state index >= 15 is 0 Å². The number of nitrogens with zero attached hydrogens (tertiary/aromatic N) is 3. The lowest BCUT2D eigenvalue weighted by molar-refractivity contribution is -0.119. The zero-order valence-electron chi connectivity index (χ0n) is 8.12. The first-order valence-corrected chi connectivity index (χ1v) is 5.35. The Hall–Kier alpha value is -1.69. The summed E-state index contributed by atoms with van der Waals surface area (Å²) in [6.45, 7) is 1.79. The van der Waals surface area contributed by atoms with Gasteiger partial charge in [0.25, 0.3) is 5.91 Å². The number of carbonyl (C=O) groups excluding carboxylic acids is 1. The number of hydrogen-bond acceptors (Lipinski definition) is 4. The van der Waals surface area contributed by atoms with E-state index in [1.807, 2.05) is 5.38 Å². The van der Waals surface area contributed by atoms with Crippen LogP contribution < -0.4 is 5.32 Å². The molecule has 0 aliphatic heterocycles. The van der Waals surface area contributed by atoms with Gasteiger partial charge in [0.05, 0.1) is 0 Å². The van der Waals surface area contributed by atoms with Crippen LogP contribution in [0, 0.1) is 0 Å². The number of amides is 1. The Morgan fingerprint density at radius 2 is 2.47 bits per heavy atom. The van der Waals surface area contributed by atoms with Gasteiger partial charge in [-0.3, -0.25) is 9.48 Å². The molecule has 6 heteroatoms. The van der Waals surface area contributed by atoms with Crippen molar-refractivity contribution >= 4 is 22.4 Å². The molecule has 0 aliphatic rings. The van der Waals surface area contributed by atoms with Crippen molar-refractivity contribution in [1.82, 2.24) is 14.8 Å². The van der Waals surface area contributed by atoms with E-state index in [2.05, 4.69) is 15.4 Å². The van der Waals surface area contributed by atoms with E-state index in [1.165, 1.54) is 11.3 Å². The van der Waals surface area contributed by atoms with E-state index in [1.54, 1.807) is 36.3 Å². The van der Waals surface area contributed by atoms with Crippen LogP contribution in [0.3, 0.4) is 0 Å². The molecule has 1 N–H and O–H groups in total. The molecule has 1 amide bonds. The molecule has 0 saturated heterocycles. The third kappa shape index (κ3) is 2.21. The third-order valence-corrected chi connectivity index (χ3v) is 2.65. The largest absolute Gasteiger partial charge is 0.300 e. The highest BCUT2D eigenvalue weighted by Crippen LogP contribution is 2.13.